The second-order valence-electron chi connectivity index (χ2n) is 4.86. The van der Waals surface area contributed by atoms with Crippen LogP contribution in [0.15, 0.2) is 0 Å². The third-order valence-electron chi connectivity index (χ3n) is 2.65. The normalized spacial score (nSPS) is 10.9. The maximum absolute atomic E-state index is 11.6. The Hall–Kier alpha value is -0.610. The first-order valence-corrected chi connectivity index (χ1v) is 6.59. The van der Waals surface area contributed by atoms with Crippen molar-refractivity contribution in [1.82, 2.24) is 4.90 Å². The summed E-state index contributed by atoms with van der Waals surface area (Å²) in [7, 11) is 1.82. The molecule has 0 aromatic heterocycles. The summed E-state index contributed by atoms with van der Waals surface area (Å²) in [4.78, 5) is 13.3. The van der Waals surface area contributed by atoms with Gasteiger partial charge in [-0.2, -0.15) is 0 Å². The van der Waals surface area contributed by atoms with Gasteiger partial charge in [0.05, 0.1) is 13.0 Å². The molecule has 0 bridgehead atoms. The highest BCUT2D eigenvalue weighted by Crippen LogP contribution is 2.03. The quantitative estimate of drug-likeness (QED) is 0.594. The van der Waals surface area contributed by atoms with Crippen LogP contribution in [0.2, 0.25) is 0 Å². The summed E-state index contributed by atoms with van der Waals surface area (Å²) in [6, 6.07) is 0. The summed E-state index contributed by atoms with van der Waals surface area (Å²) in [6.07, 6.45) is 3.60. The summed E-state index contributed by atoms with van der Waals surface area (Å²) in [5.74, 6) is 0.866. The van der Waals surface area contributed by atoms with Crippen LogP contribution < -0.4 is 5.73 Å². The first kappa shape index (κ1) is 16.4. The highest BCUT2D eigenvalue weighted by atomic mass is 16.5. The smallest absolute Gasteiger partial charge is 0.224 e. The first-order valence-electron chi connectivity index (χ1n) is 6.59. The van der Waals surface area contributed by atoms with Gasteiger partial charge in [-0.1, -0.05) is 13.8 Å². The van der Waals surface area contributed by atoms with Crippen LogP contribution in [0.25, 0.3) is 0 Å². The summed E-state index contributed by atoms with van der Waals surface area (Å²) in [5, 5.41) is 0. The minimum absolute atomic E-state index is 0.141. The van der Waals surface area contributed by atoms with E-state index in [1.165, 1.54) is 6.42 Å². The number of ether oxygens (including phenoxy) is 1. The van der Waals surface area contributed by atoms with Gasteiger partial charge in [-0.3, -0.25) is 4.79 Å². The van der Waals surface area contributed by atoms with Crippen LogP contribution in [0.4, 0.5) is 0 Å². The van der Waals surface area contributed by atoms with E-state index in [4.69, 9.17) is 10.5 Å². The SMILES string of the molecule is CC(C)CCCOCCC(=O)N(C)CCCN. The van der Waals surface area contributed by atoms with Crippen LogP contribution in [0.1, 0.15) is 39.5 Å². The second-order valence-corrected chi connectivity index (χ2v) is 4.86. The Morgan fingerprint density at radius 3 is 2.59 bits per heavy atom. The second kappa shape index (κ2) is 10.5. The highest BCUT2D eigenvalue weighted by Gasteiger charge is 2.07. The Balaban J connectivity index is 3.38. The van der Waals surface area contributed by atoms with Crippen LogP contribution in [0.5, 0.6) is 0 Å². The Morgan fingerprint density at radius 2 is 2.00 bits per heavy atom. The number of amides is 1. The molecule has 0 saturated heterocycles. The zero-order chi connectivity index (χ0) is 13.1. The molecule has 0 heterocycles. The first-order chi connectivity index (χ1) is 8.07. The molecule has 1 amide bonds. The van der Waals surface area contributed by atoms with E-state index in [-0.39, 0.29) is 5.91 Å². The Kier molecular flexibility index (Phi) is 10.2. The molecular formula is C13H28N2O2. The average molecular weight is 244 g/mol. The van der Waals surface area contributed by atoms with Crippen molar-refractivity contribution in [3.63, 3.8) is 0 Å². The van der Waals surface area contributed by atoms with E-state index >= 15 is 0 Å². The number of nitrogens with zero attached hydrogens (tertiary/aromatic N) is 1. The molecule has 17 heavy (non-hydrogen) atoms. The predicted octanol–water partition coefficient (Wildman–Crippen LogP) is 1.64. The van der Waals surface area contributed by atoms with E-state index in [1.807, 2.05) is 7.05 Å². The standard InChI is InChI=1S/C13H28N2O2/c1-12(2)6-4-10-17-11-7-13(16)15(3)9-5-8-14/h12H,4-11,14H2,1-3H3. The number of hydrogen-bond donors (Lipinski definition) is 1. The molecule has 0 spiro atoms. The van der Waals surface area contributed by atoms with Gasteiger partial charge in [-0.25, -0.2) is 0 Å². The fourth-order valence-electron chi connectivity index (χ4n) is 1.50. The lowest BCUT2D eigenvalue weighted by Gasteiger charge is -2.16. The van der Waals surface area contributed by atoms with E-state index in [2.05, 4.69) is 13.8 Å². The van der Waals surface area contributed by atoms with E-state index in [0.29, 0.717) is 19.6 Å². The van der Waals surface area contributed by atoms with Gasteiger partial charge in [0.1, 0.15) is 0 Å². The molecule has 0 saturated carbocycles. The monoisotopic (exact) mass is 244 g/mol. The molecule has 0 atom stereocenters. The van der Waals surface area contributed by atoms with Crippen molar-refractivity contribution < 1.29 is 9.53 Å². The maximum atomic E-state index is 11.6. The zero-order valence-corrected chi connectivity index (χ0v) is 11.6. The third kappa shape index (κ3) is 10.3. The number of hydrogen-bond acceptors (Lipinski definition) is 3. The van der Waals surface area contributed by atoms with Gasteiger partial charge < -0.3 is 15.4 Å². The van der Waals surface area contributed by atoms with Crippen LogP contribution in [-0.4, -0.2) is 44.2 Å². The molecular weight excluding hydrogens is 216 g/mol. The van der Waals surface area contributed by atoms with Crippen LogP contribution in [0, 0.1) is 5.92 Å². The number of carbonyl (C=O) groups is 1. The summed E-state index contributed by atoms with van der Waals surface area (Å²) in [5.41, 5.74) is 5.39. The lowest BCUT2D eigenvalue weighted by atomic mass is 10.1. The Labute approximate surface area is 105 Å². The number of rotatable bonds is 10. The van der Waals surface area contributed by atoms with E-state index < -0.39 is 0 Å². The van der Waals surface area contributed by atoms with Gasteiger partial charge in [0.15, 0.2) is 0 Å². The molecule has 0 aromatic carbocycles. The molecule has 0 unspecified atom stereocenters. The number of carbonyl (C=O) groups excluding carboxylic acids is 1. The summed E-state index contributed by atoms with van der Waals surface area (Å²) in [6.45, 7) is 7.07. The van der Waals surface area contributed by atoms with E-state index in [1.54, 1.807) is 4.90 Å². The van der Waals surface area contributed by atoms with Crippen LogP contribution in [-0.2, 0) is 9.53 Å². The van der Waals surface area contributed by atoms with Crippen molar-refractivity contribution in [2.45, 2.75) is 39.5 Å². The molecule has 4 nitrogen and oxygen atoms in total. The molecule has 0 aliphatic rings. The van der Waals surface area contributed by atoms with Crippen LogP contribution in [0.3, 0.4) is 0 Å². The van der Waals surface area contributed by atoms with Crippen molar-refractivity contribution in [2.75, 3.05) is 33.4 Å². The fraction of sp³-hybridized carbons (Fsp3) is 0.923. The molecule has 0 fully saturated rings. The van der Waals surface area contributed by atoms with Crippen molar-refractivity contribution in [3.05, 3.63) is 0 Å². The molecule has 0 aliphatic heterocycles. The van der Waals surface area contributed by atoms with Gasteiger partial charge in [-0.05, 0) is 31.7 Å². The fourth-order valence-corrected chi connectivity index (χ4v) is 1.50. The van der Waals surface area contributed by atoms with Gasteiger partial charge in [-0.15, -0.1) is 0 Å². The molecule has 2 N–H and O–H groups in total. The maximum Gasteiger partial charge on any atom is 0.224 e. The molecule has 0 aliphatic carbocycles. The van der Waals surface area contributed by atoms with E-state index in [0.717, 1.165) is 31.9 Å². The Morgan fingerprint density at radius 1 is 1.29 bits per heavy atom. The largest absolute Gasteiger partial charge is 0.381 e. The van der Waals surface area contributed by atoms with Gasteiger partial charge >= 0.3 is 0 Å². The van der Waals surface area contributed by atoms with Crippen LogP contribution >= 0.6 is 0 Å². The van der Waals surface area contributed by atoms with Gasteiger partial charge in [0.2, 0.25) is 5.91 Å². The van der Waals surface area contributed by atoms with Crippen molar-refractivity contribution >= 4 is 5.91 Å². The third-order valence-corrected chi connectivity index (χ3v) is 2.65. The minimum atomic E-state index is 0.141. The van der Waals surface area contributed by atoms with Gasteiger partial charge in [0, 0.05) is 20.2 Å². The minimum Gasteiger partial charge on any atom is -0.381 e. The predicted molar refractivity (Wildman–Crippen MR) is 70.8 cm³/mol. The zero-order valence-electron chi connectivity index (χ0n) is 11.6. The topological polar surface area (TPSA) is 55.6 Å². The van der Waals surface area contributed by atoms with E-state index in [9.17, 15) is 4.79 Å². The molecule has 0 rings (SSSR count). The lowest BCUT2D eigenvalue weighted by molar-refractivity contribution is -0.131. The van der Waals surface area contributed by atoms with Crippen molar-refractivity contribution in [2.24, 2.45) is 11.7 Å². The van der Waals surface area contributed by atoms with Crippen molar-refractivity contribution in [3.8, 4) is 0 Å². The number of nitrogens with two attached hydrogens (primary N) is 1. The van der Waals surface area contributed by atoms with Crippen molar-refractivity contribution in [1.29, 1.82) is 0 Å². The Bertz CT molecular complexity index is 196. The molecule has 102 valence electrons. The summed E-state index contributed by atoms with van der Waals surface area (Å²) >= 11 is 0. The molecule has 4 heteroatoms. The van der Waals surface area contributed by atoms with Gasteiger partial charge in [0.25, 0.3) is 0 Å². The average Bonchev–Trinajstić information content (AvgIpc) is 2.29. The lowest BCUT2D eigenvalue weighted by Crippen LogP contribution is -2.29. The summed E-state index contributed by atoms with van der Waals surface area (Å²) < 4.78 is 5.44. The molecule has 0 aromatic rings. The highest BCUT2D eigenvalue weighted by molar-refractivity contribution is 5.75. The molecule has 0 radical (unpaired) electrons.